The minimum atomic E-state index is -0.184. The normalized spacial score (nSPS) is 14.0. The standard InChI is InChI=1S/C16H18N3O2.ClH/c1-17-9-10-18(12-17)11-13-4-6-14(7-5-13)16(21)19-8-2-3-15(19)20;/h4-7,9-10,12H,2-3,8,11H2,1H3;1H/q+1;/p-1. The van der Waals surface area contributed by atoms with Crippen molar-refractivity contribution in [3.05, 3.63) is 54.1 Å². The molecule has 22 heavy (non-hydrogen) atoms. The highest BCUT2D eigenvalue weighted by molar-refractivity contribution is 6.05. The van der Waals surface area contributed by atoms with Crippen LogP contribution in [0.4, 0.5) is 0 Å². The van der Waals surface area contributed by atoms with E-state index in [-0.39, 0.29) is 24.2 Å². The highest BCUT2D eigenvalue weighted by atomic mass is 35.5. The molecule has 0 atom stereocenters. The van der Waals surface area contributed by atoms with Gasteiger partial charge < -0.3 is 12.4 Å². The van der Waals surface area contributed by atoms with Crippen molar-refractivity contribution < 1.29 is 26.6 Å². The summed E-state index contributed by atoms with van der Waals surface area (Å²) in [6.07, 6.45) is 7.24. The van der Waals surface area contributed by atoms with Gasteiger partial charge in [0.1, 0.15) is 18.9 Å². The SMILES string of the molecule is Cn1cc[n+](Cc2ccc(C(=O)N3CCCC3=O)cc2)c1.[Cl-]. The molecule has 3 rings (SSSR count). The van der Waals surface area contributed by atoms with E-state index in [0.29, 0.717) is 18.5 Å². The molecule has 0 unspecified atom stereocenters. The number of aryl methyl sites for hydroxylation is 1. The van der Waals surface area contributed by atoms with E-state index in [2.05, 4.69) is 4.57 Å². The summed E-state index contributed by atoms with van der Waals surface area (Å²) in [6.45, 7) is 1.30. The molecule has 1 aromatic carbocycles. The van der Waals surface area contributed by atoms with Crippen LogP contribution < -0.4 is 17.0 Å². The third-order valence-corrected chi connectivity index (χ3v) is 3.71. The molecule has 0 spiro atoms. The number of nitrogens with zero attached hydrogens (tertiary/aromatic N) is 3. The molecule has 0 radical (unpaired) electrons. The zero-order chi connectivity index (χ0) is 14.8. The first-order chi connectivity index (χ1) is 10.1. The van der Waals surface area contributed by atoms with Crippen LogP contribution in [0.25, 0.3) is 0 Å². The van der Waals surface area contributed by atoms with Crippen molar-refractivity contribution in [2.75, 3.05) is 6.54 Å². The summed E-state index contributed by atoms with van der Waals surface area (Å²) in [4.78, 5) is 25.2. The molecule has 1 aliphatic heterocycles. The van der Waals surface area contributed by atoms with Gasteiger partial charge in [-0.2, -0.15) is 0 Å². The fraction of sp³-hybridized carbons (Fsp3) is 0.312. The quantitative estimate of drug-likeness (QED) is 0.491. The number of halogens is 1. The second-order valence-electron chi connectivity index (χ2n) is 5.40. The van der Waals surface area contributed by atoms with Gasteiger partial charge in [-0.15, -0.1) is 0 Å². The number of aromatic nitrogens is 2. The number of benzene rings is 1. The van der Waals surface area contributed by atoms with Crippen molar-refractivity contribution in [3.63, 3.8) is 0 Å². The van der Waals surface area contributed by atoms with Crippen LogP contribution in [-0.4, -0.2) is 27.8 Å². The lowest BCUT2D eigenvalue weighted by molar-refractivity contribution is -0.687. The average Bonchev–Trinajstić information content (AvgIpc) is 3.08. The summed E-state index contributed by atoms with van der Waals surface area (Å²) in [5, 5.41) is 0. The van der Waals surface area contributed by atoms with Gasteiger partial charge in [0.2, 0.25) is 12.2 Å². The van der Waals surface area contributed by atoms with E-state index in [0.717, 1.165) is 18.5 Å². The Morgan fingerprint density at radius 2 is 2.00 bits per heavy atom. The second kappa shape index (κ2) is 6.75. The number of likely N-dealkylation sites (tertiary alicyclic amines) is 1. The van der Waals surface area contributed by atoms with E-state index < -0.39 is 0 Å². The third-order valence-electron chi connectivity index (χ3n) is 3.71. The average molecular weight is 320 g/mol. The highest BCUT2D eigenvalue weighted by Gasteiger charge is 2.27. The summed E-state index contributed by atoms with van der Waals surface area (Å²) < 4.78 is 4.05. The van der Waals surface area contributed by atoms with E-state index in [1.54, 1.807) is 12.1 Å². The predicted octanol–water partition coefficient (Wildman–Crippen LogP) is -1.87. The molecule has 0 saturated carbocycles. The smallest absolute Gasteiger partial charge is 0.260 e. The van der Waals surface area contributed by atoms with Gasteiger partial charge in [-0.1, -0.05) is 12.1 Å². The second-order valence-corrected chi connectivity index (χ2v) is 5.40. The molecule has 1 aromatic heterocycles. The van der Waals surface area contributed by atoms with Crippen LogP contribution in [0.1, 0.15) is 28.8 Å². The number of hydrogen-bond donors (Lipinski definition) is 0. The molecule has 1 aliphatic rings. The zero-order valence-corrected chi connectivity index (χ0v) is 13.2. The van der Waals surface area contributed by atoms with E-state index in [1.165, 1.54) is 4.90 Å². The van der Waals surface area contributed by atoms with E-state index in [9.17, 15) is 9.59 Å². The van der Waals surface area contributed by atoms with Crippen LogP contribution in [0, 0.1) is 0 Å². The summed E-state index contributed by atoms with van der Waals surface area (Å²) in [5.74, 6) is -0.250. The number of hydrogen-bond acceptors (Lipinski definition) is 2. The van der Waals surface area contributed by atoms with Gasteiger partial charge in [-0.25, -0.2) is 9.13 Å². The summed E-state index contributed by atoms with van der Waals surface area (Å²) in [6, 6.07) is 7.47. The maximum Gasteiger partial charge on any atom is 0.260 e. The Morgan fingerprint density at radius 3 is 2.55 bits per heavy atom. The van der Waals surface area contributed by atoms with Gasteiger partial charge in [-0.05, 0) is 24.1 Å². The molecule has 5 nitrogen and oxygen atoms in total. The first kappa shape index (κ1) is 16.2. The lowest BCUT2D eigenvalue weighted by Crippen LogP contribution is -3.00. The van der Waals surface area contributed by atoms with Crippen molar-refractivity contribution in [1.29, 1.82) is 0 Å². The minimum Gasteiger partial charge on any atom is -1.00 e. The van der Waals surface area contributed by atoms with Crippen LogP contribution in [0.2, 0.25) is 0 Å². The maximum absolute atomic E-state index is 12.2. The van der Waals surface area contributed by atoms with Gasteiger partial charge in [0, 0.05) is 18.5 Å². The summed E-state index contributed by atoms with van der Waals surface area (Å²) in [5.41, 5.74) is 1.70. The molecule has 2 aromatic rings. The van der Waals surface area contributed by atoms with Crippen molar-refractivity contribution in [3.8, 4) is 0 Å². The zero-order valence-electron chi connectivity index (χ0n) is 12.4. The molecular formula is C16H18ClN3O2. The van der Waals surface area contributed by atoms with Crippen LogP contribution in [0.3, 0.4) is 0 Å². The Kier molecular flexibility index (Phi) is 4.98. The Bertz CT molecular complexity index is 679. The molecule has 2 amide bonds. The van der Waals surface area contributed by atoms with Crippen molar-refractivity contribution in [2.24, 2.45) is 7.05 Å². The van der Waals surface area contributed by atoms with Crippen molar-refractivity contribution >= 4 is 11.8 Å². The van der Waals surface area contributed by atoms with Crippen LogP contribution in [0.15, 0.2) is 43.0 Å². The molecule has 0 bridgehead atoms. The summed E-state index contributed by atoms with van der Waals surface area (Å²) >= 11 is 0. The lowest BCUT2D eigenvalue weighted by atomic mass is 10.1. The predicted molar refractivity (Wildman–Crippen MR) is 76.4 cm³/mol. The van der Waals surface area contributed by atoms with Crippen molar-refractivity contribution in [2.45, 2.75) is 19.4 Å². The molecule has 0 N–H and O–H groups in total. The highest BCUT2D eigenvalue weighted by Crippen LogP contribution is 2.15. The Labute approximate surface area is 135 Å². The van der Waals surface area contributed by atoms with Gasteiger partial charge in [0.25, 0.3) is 5.91 Å². The van der Waals surface area contributed by atoms with Gasteiger partial charge >= 0.3 is 0 Å². The Hall–Kier alpha value is -2.14. The number of imidazole rings is 1. The Morgan fingerprint density at radius 1 is 1.27 bits per heavy atom. The maximum atomic E-state index is 12.2. The fourth-order valence-corrected chi connectivity index (χ4v) is 2.58. The number of rotatable bonds is 3. The van der Waals surface area contributed by atoms with Crippen LogP contribution in [0.5, 0.6) is 0 Å². The monoisotopic (exact) mass is 319 g/mol. The number of carbonyl (C=O) groups is 2. The summed E-state index contributed by atoms with van der Waals surface area (Å²) in [7, 11) is 1.98. The topological polar surface area (TPSA) is 46.2 Å². The minimum absolute atomic E-state index is 0. The molecule has 1 fully saturated rings. The Balaban J connectivity index is 0.00000176. The van der Waals surface area contributed by atoms with E-state index in [1.807, 2.05) is 42.5 Å². The number of amides is 2. The third kappa shape index (κ3) is 3.36. The molecule has 0 aliphatic carbocycles. The lowest BCUT2D eigenvalue weighted by Gasteiger charge is -2.13. The fourth-order valence-electron chi connectivity index (χ4n) is 2.58. The van der Waals surface area contributed by atoms with Crippen LogP contribution in [-0.2, 0) is 18.4 Å². The largest absolute Gasteiger partial charge is 1.00 e. The number of imide groups is 1. The molecule has 1 saturated heterocycles. The van der Waals surface area contributed by atoms with Gasteiger partial charge in [0.05, 0.1) is 7.05 Å². The van der Waals surface area contributed by atoms with Gasteiger partial charge in [-0.3, -0.25) is 14.5 Å². The molecular weight excluding hydrogens is 302 g/mol. The first-order valence-electron chi connectivity index (χ1n) is 7.08. The molecule has 2 heterocycles. The number of carbonyl (C=O) groups excluding carboxylic acids is 2. The molecule has 6 heteroatoms. The van der Waals surface area contributed by atoms with E-state index >= 15 is 0 Å². The van der Waals surface area contributed by atoms with Crippen LogP contribution >= 0.6 is 0 Å². The van der Waals surface area contributed by atoms with Gasteiger partial charge in [0.15, 0.2) is 0 Å². The first-order valence-corrected chi connectivity index (χ1v) is 7.08. The van der Waals surface area contributed by atoms with Crippen molar-refractivity contribution in [1.82, 2.24) is 9.47 Å². The van der Waals surface area contributed by atoms with E-state index in [4.69, 9.17) is 0 Å². The molecule has 116 valence electrons.